The third-order valence-electron chi connectivity index (χ3n) is 1.22. The van der Waals surface area contributed by atoms with Gasteiger partial charge in [0.1, 0.15) is 0 Å². The van der Waals surface area contributed by atoms with Crippen LogP contribution in [0.4, 0.5) is 0 Å². The molecular formula is C7H5NO2P+. The predicted molar refractivity (Wildman–Crippen MR) is 40.6 cm³/mol. The van der Waals surface area contributed by atoms with Crippen molar-refractivity contribution in [1.82, 2.24) is 0 Å². The summed E-state index contributed by atoms with van der Waals surface area (Å²) in [6.45, 7) is 0. The minimum absolute atomic E-state index is 0.346. The van der Waals surface area contributed by atoms with E-state index in [0.717, 1.165) is 0 Å². The van der Waals surface area contributed by atoms with Crippen LogP contribution in [-0.4, -0.2) is 4.89 Å². The van der Waals surface area contributed by atoms with Crippen molar-refractivity contribution < 1.29 is 9.46 Å². The predicted octanol–water partition coefficient (Wildman–Crippen LogP) is 0.918. The van der Waals surface area contributed by atoms with Crippen LogP contribution in [0.15, 0.2) is 24.3 Å². The minimum atomic E-state index is -2.27. The summed E-state index contributed by atoms with van der Waals surface area (Å²) in [5, 5.41) is 8.73. The number of nitriles is 1. The van der Waals surface area contributed by atoms with Gasteiger partial charge in [0.15, 0.2) is 0 Å². The molecule has 11 heavy (non-hydrogen) atoms. The molecule has 1 aromatic rings. The van der Waals surface area contributed by atoms with Crippen LogP contribution in [0.5, 0.6) is 0 Å². The van der Waals surface area contributed by atoms with Crippen molar-refractivity contribution in [3.63, 3.8) is 0 Å². The van der Waals surface area contributed by atoms with E-state index < -0.39 is 8.03 Å². The molecule has 1 rings (SSSR count). The average Bonchev–Trinajstić information content (AvgIpc) is 2.05. The molecule has 1 atom stereocenters. The summed E-state index contributed by atoms with van der Waals surface area (Å²) >= 11 is 0. The molecule has 0 fully saturated rings. The van der Waals surface area contributed by atoms with E-state index in [2.05, 4.69) is 0 Å². The molecule has 1 N–H and O–H groups in total. The topological polar surface area (TPSA) is 61.1 Å². The summed E-state index contributed by atoms with van der Waals surface area (Å²) in [4.78, 5) is 8.61. The van der Waals surface area contributed by atoms with Gasteiger partial charge in [-0.15, -0.1) is 0 Å². The Morgan fingerprint density at radius 2 is 1.91 bits per heavy atom. The molecule has 3 nitrogen and oxygen atoms in total. The first-order valence-electron chi connectivity index (χ1n) is 2.90. The summed E-state index contributed by atoms with van der Waals surface area (Å²) in [5.41, 5.74) is 0.491. The van der Waals surface area contributed by atoms with Crippen molar-refractivity contribution in [3.05, 3.63) is 29.8 Å². The molecule has 0 heterocycles. The Bertz CT molecular complexity index is 312. The largest absolute Gasteiger partial charge is 0.546 e. The molecule has 0 bridgehead atoms. The van der Waals surface area contributed by atoms with Crippen molar-refractivity contribution in [3.8, 4) is 6.07 Å². The number of nitrogens with zero attached hydrogens (tertiary/aromatic N) is 1. The third-order valence-corrected chi connectivity index (χ3v) is 1.96. The maximum atomic E-state index is 10.5. The molecular weight excluding hydrogens is 161 g/mol. The van der Waals surface area contributed by atoms with E-state index in [0.29, 0.717) is 10.9 Å². The van der Waals surface area contributed by atoms with Crippen LogP contribution in [0, 0.1) is 11.3 Å². The quantitative estimate of drug-likeness (QED) is 0.631. The molecule has 1 aromatic carbocycles. The van der Waals surface area contributed by atoms with E-state index in [1.54, 1.807) is 0 Å². The van der Waals surface area contributed by atoms with Crippen molar-refractivity contribution in [1.29, 1.82) is 5.26 Å². The van der Waals surface area contributed by atoms with Crippen LogP contribution in [0.25, 0.3) is 0 Å². The van der Waals surface area contributed by atoms with E-state index in [9.17, 15) is 4.57 Å². The molecule has 4 heteroatoms. The van der Waals surface area contributed by atoms with Gasteiger partial charge in [-0.25, -0.2) is 0 Å². The van der Waals surface area contributed by atoms with E-state index >= 15 is 0 Å². The fourth-order valence-electron chi connectivity index (χ4n) is 0.663. The lowest BCUT2D eigenvalue weighted by atomic mass is 10.2. The van der Waals surface area contributed by atoms with E-state index in [1.165, 1.54) is 24.3 Å². The smallest absolute Gasteiger partial charge is 0.192 e. The maximum Gasteiger partial charge on any atom is 0.546 e. The zero-order valence-corrected chi connectivity index (χ0v) is 6.45. The Hall–Kier alpha value is -1.23. The Balaban J connectivity index is 3.03. The monoisotopic (exact) mass is 166 g/mol. The second-order valence-corrected chi connectivity index (χ2v) is 2.99. The molecule has 0 radical (unpaired) electrons. The molecule has 0 aliphatic rings. The summed E-state index contributed by atoms with van der Waals surface area (Å²) in [5.74, 6) is 0. The van der Waals surface area contributed by atoms with Crippen LogP contribution in [0.1, 0.15) is 5.56 Å². The third kappa shape index (κ3) is 1.84. The van der Waals surface area contributed by atoms with Gasteiger partial charge in [0.05, 0.1) is 11.6 Å². The highest BCUT2D eigenvalue weighted by Gasteiger charge is 2.14. The zero-order valence-electron chi connectivity index (χ0n) is 5.56. The molecule has 54 valence electrons. The Kier molecular flexibility index (Phi) is 2.32. The first-order valence-corrected chi connectivity index (χ1v) is 4.11. The van der Waals surface area contributed by atoms with Crippen LogP contribution in [-0.2, 0) is 4.57 Å². The van der Waals surface area contributed by atoms with Gasteiger partial charge in [-0.1, -0.05) is 0 Å². The van der Waals surface area contributed by atoms with Gasteiger partial charge in [-0.2, -0.15) is 10.2 Å². The molecule has 0 saturated carbocycles. The van der Waals surface area contributed by atoms with E-state index in [4.69, 9.17) is 10.2 Å². The second kappa shape index (κ2) is 3.25. The van der Waals surface area contributed by atoms with Gasteiger partial charge < -0.3 is 0 Å². The molecule has 0 amide bonds. The van der Waals surface area contributed by atoms with E-state index in [-0.39, 0.29) is 0 Å². The molecule has 0 aliphatic heterocycles. The van der Waals surface area contributed by atoms with Crippen LogP contribution in [0.3, 0.4) is 0 Å². The van der Waals surface area contributed by atoms with Crippen molar-refractivity contribution >= 4 is 13.3 Å². The highest BCUT2D eigenvalue weighted by atomic mass is 31.1. The van der Waals surface area contributed by atoms with Gasteiger partial charge >= 0.3 is 8.03 Å². The average molecular weight is 166 g/mol. The normalized spacial score (nSPS) is 10.4. The lowest BCUT2D eigenvalue weighted by Crippen LogP contribution is -1.93. The van der Waals surface area contributed by atoms with Gasteiger partial charge in [0, 0.05) is 0 Å². The second-order valence-electron chi connectivity index (χ2n) is 1.93. The Labute approximate surface area is 64.8 Å². The highest BCUT2D eigenvalue weighted by molar-refractivity contribution is 7.47. The van der Waals surface area contributed by atoms with Crippen LogP contribution >= 0.6 is 8.03 Å². The summed E-state index contributed by atoms with van der Waals surface area (Å²) in [6, 6.07) is 7.88. The summed E-state index contributed by atoms with van der Waals surface area (Å²) in [7, 11) is -2.27. The lowest BCUT2D eigenvalue weighted by Gasteiger charge is -1.83. The molecule has 1 unspecified atom stereocenters. The highest BCUT2D eigenvalue weighted by Crippen LogP contribution is 2.12. The van der Waals surface area contributed by atoms with Crippen molar-refractivity contribution in [2.45, 2.75) is 0 Å². The molecule has 0 aliphatic carbocycles. The van der Waals surface area contributed by atoms with Crippen LogP contribution in [0.2, 0.25) is 0 Å². The van der Waals surface area contributed by atoms with Gasteiger partial charge in [0.2, 0.25) is 5.30 Å². The molecule has 0 saturated heterocycles. The van der Waals surface area contributed by atoms with E-state index in [1.807, 2.05) is 6.07 Å². The SMILES string of the molecule is N#Cc1ccc([P+](=O)O)cc1. The number of hydrogen-bond acceptors (Lipinski definition) is 2. The van der Waals surface area contributed by atoms with Gasteiger partial charge in [-0.3, -0.25) is 0 Å². The summed E-state index contributed by atoms with van der Waals surface area (Å²) < 4.78 is 10.5. The number of hydrogen-bond donors (Lipinski definition) is 1. The lowest BCUT2D eigenvalue weighted by molar-refractivity contribution is 0.513. The summed E-state index contributed by atoms with van der Waals surface area (Å²) in [6.07, 6.45) is 0. The van der Waals surface area contributed by atoms with Gasteiger partial charge in [-0.05, 0) is 28.8 Å². The van der Waals surface area contributed by atoms with Crippen molar-refractivity contribution in [2.75, 3.05) is 0 Å². The number of rotatable bonds is 1. The molecule has 0 aromatic heterocycles. The zero-order chi connectivity index (χ0) is 8.27. The van der Waals surface area contributed by atoms with Gasteiger partial charge in [0.25, 0.3) is 0 Å². The Morgan fingerprint density at radius 1 is 1.36 bits per heavy atom. The van der Waals surface area contributed by atoms with Crippen LogP contribution < -0.4 is 5.30 Å². The minimum Gasteiger partial charge on any atom is -0.192 e. The first-order chi connectivity index (χ1) is 5.24. The fourth-order valence-corrected chi connectivity index (χ4v) is 1.07. The molecule has 0 spiro atoms. The Morgan fingerprint density at radius 3 is 2.27 bits per heavy atom. The first kappa shape index (κ1) is 7.87. The maximum absolute atomic E-state index is 10.5. The number of benzene rings is 1. The fraction of sp³-hybridized carbons (Fsp3) is 0. The standard InChI is InChI=1S/C7H4NO2P/c8-5-6-1-3-7(4-2-6)11(9)10/h1-4H/p+1. The van der Waals surface area contributed by atoms with Crippen molar-refractivity contribution in [2.24, 2.45) is 0 Å².